The average molecular weight is 527 g/mol. The number of carbonyl (C=O) groups excluding carboxylic acids is 2. The number of rotatable bonds is 27. The molecule has 37 heavy (non-hydrogen) atoms. The third-order valence-electron chi connectivity index (χ3n) is 7.44. The standard InChI is InChI=1S/C32H62O5/c1-5-9-13-17-21-28(22-18-14-10-6-2)26-36-31(34)25-30(33)32(35)37-27-29(23-19-15-11-7-3)24-20-16-12-8-4/h28-30,33H,5-27H2,1-4H3. The van der Waals surface area contributed by atoms with Gasteiger partial charge in [0, 0.05) is 0 Å². The Hall–Kier alpha value is -1.10. The molecule has 0 aliphatic rings. The Balaban J connectivity index is 4.48. The third-order valence-corrected chi connectivity index (χ3v) is 7.44. The second-order valence-electron chi connectivity index (χ2n) is 11.2. The highest BCUT2D eigenvalue weighted by Gasteiger charge is 2.23. The number of aliphatic hydroxyl groups is 1. The van der Waals surface area contributed by atoms with Crippen LogP contribution in [0.15, 0.2) is 0 Å². The van der Waals surface area contributed by atoms with Gasteiger partial charge < -0.3 is 14.6 Å². The molecule has 0 radical (unpaired) electrons. The average Bonchev–Trinajstić information content (AvgIpc) is 2.89. The number of ether oxygens (including phenoxy) is 2. The first-order valence-corrected chi connectivity index (χ1v) is 16.0. The summed E-state index contributed by atoms with van der Waals surface area (Å²) in [7, 11) is 0. The first kappa shape index (κ1) is 35.9. The molecule has 0 aromatic heterocycles. The fourth-order valence-electron chi connectivity index (χ4n) is 4.87. The van der Waals surface area contributed by atoms with Crippen LogP contribution in [0.1, 0.15) is 163 Å². The first-order valence-electron chi connectivity index (χ1n) is 16.0. The zero-order chi connectivity index (χ0) is 27.6. The number of unbranched alkanes of at least 4 members (excludes halogenated alkanes) is 12. The fraction of sp³-hybridized carbons (Fsp3) is 0.938. The van der Waals surface area contributed by atoms with Gasteiger partial charge in [0.15, 0.2) is 6.10 Å². The highest BCUT2D eigenvalue weighted by atomic mass is 16.6. The summed E-state index contributed by atoms with van der Waals surface area (Å²) in [5.41, 5.74) is 0. The molecular formula is C32H62O5. The molecule has 0 aromatic carbocycles. The molecule has 0 aliphatic carbocycles. The van der Waals surface area contributed by atoms with Gasteiger partial charge in [-0.2, -0.15) is 0 Å². The summed E-state index contributed by atoms with van der Waals surface area (Å²) in [6.45, 7) is 9.55. The van der Waals surface area contributed by atoms with Crippen LogP contribution >= 0.6 is 0 Å². The van der Waals surface area contributed by atoms with E-state index in [1.54, 1.807) is 0 Å². The lowest BCUT2D eigenvalue weighted by Crippen LogP contribution is -2.29. The Kier molecular flexibility index (Phi) is 25.7. The van der Waals surface area contributed by atoms with Crippen molar-refractivity contribution in [3.8, 4) is 0 Å². The van der Waals surface area contributed by atoms with Crippen LogP contribution in [0, 0.1) is 11.8 Å². The molecule has 5 heteroatoms. The van der Waals surface area contributed by atoms with Gasteiger partial charge in [0.25, 0.3) is 0 Å². The zero-order valence-corrected chi connectivity index (χ0v) is 25.1. The van der Waals surface area contributed by atoms with Crippen LogP contribution in [0.4, 0.5) is 0 Å². The number of hydrogen-bond donors (Lipinski definition) is 1. The zero-order valence-electron chi connectivity index (χ0n) is 25.1. The smallest absolute Gasteiger partial charge is 0.335 e. The van der Waals surface area contributed by atoms with E-state index in [-0.39, 0.29) is 6.42 Å². The molecule has 0 aromatic rings. The van der Waals surface area contributed by atoms with E-state index in [4.69, 9.17) is 9.47 Å². The highest BCUT2D eigenvalue weighted by molar-refractivity contribution is 5.81. The Morgan fingerprint density at radius 1 is 0.541 bits per heavy atom. The molecule has 0 heterocycles. The molecule has 0 spiro atoms. The van der Waals surface area contributed by atoms with Gasteiger partial charge in [0.05, 0.1) is 19.6 Å². The van der Waals surface area contributed by atoms with Crippen molar-refractivity contribution in [2.45, 2.75) is 169 Å². The Morgan fingerprint density at radius 2 is 0.892 bits per heavy atom. The van der Waals surface area contributed by atoms with Crippen LogP contribution < -0.4 is 0 Å². The summed E-state index contributed by atoms with van der Waals surface area (Å²) >= 11 is 0. The highest BCUT2D eigenvalue weighted by Crippen LogP contribution is 2.21. The van der Waals surface area contributed by atoms with Gasteiger partial charge in [-0.3, -0.25) is 4.79 Å². The van der Waals surface area contributed by atoms with Gasteiger partial charge in [-0.25, -0.2) is 4.79 Å². The van der Waals surface area contributed by atoms with Crippen LogP contribution in [0.5, 0.6) is 0 Å². The van der Waals surface area contributed by atoms with Gasteiger partial charge in [-0.05, 0) is 37.5 Å². The molecular weight excluding hydrogens is 464 g/mol. The minimum atomic E-state index is -1.44. The van der Waals surface area contributed by atoms with Crippen molar-refractivity contribution in [3.63, 3.8) is 0 Å². The Morgan fingerprint density at radius 3 is 1.24 bits per heavy atom. The van der Waals surface area contributed by atoms with Gasteiger partial charge in [-0.15, -0.1) is 0 Å². The molecule has 0 fully saturated rings. The number of carbonyl (C=O) groups is 2. The quantitative estimate of drug-likeness (QED) is 0.0854. The summed E-state index contributed by atoms with van der Waals surface area (Å²) in [5, 5.41) is 10.3. The lowest BCUT2D eigenvalue weighted by atomic mass is 9.95. The maximum absolute atomic E-state index is 12.4. The maximum Gasteiger partial charge on any atom is 0.335 e. The van der Waals surface area contributed by atoms with Crippen molar-refractivity contribution in [3.05, 3.63) is 0 Å². The van der Waals surface area contributed by atoms with Crippen molar-refractivity contribution >= 4 is 11.9 Å². The number of aliphatic hydroxyl groups excluding tert-OH is 1. The molecule has 1 N–H and O–H groups in total. The Bertz CT molecular complexity index is 497. The van der Waals surface area contributed by atoms with Crippen molar-refractivity contribution in [1.82, 2.24) is 0 Å². The predicted octanol–water partition coefficient (Wildman–Crippen LogP) is 8.94. The van der Waals surface area contributed by atoms with E-state index in [2.05, 4.69) is 27.7 Å². The number of esters is 2. The van der Waals surface area contributed by atoms with Crippen molar-refractivity contribution in [2.24, 2.45) is 11.8 Å². The van der Waals surface area contributed by atoms with Gasteiger partial charge in [-0.1, -0.05) is 130 Å². The third kappa shape index (κ3) is 22.6. The summed E-state index contributed by atoms with van der Waals surface area (Å²) < 4.78 is 11.0. The van der Waals surface area contributed by atoms with E-state index in [9.17, 15) is 14.7 Å². The molecule has 1 unspecified atom stereocenters. The molecule has 0 saturated carbocycles. The monoisotopic (exact) mass is 526 g/mol. The van der Waals surface area contributed by atoms with E-state index >= 15 is 0 Å². The Labute approximate surface area is 229 Å². The van der Waals surface area contributed by atoms with Crippen LogP contribution in [-0.4, -0.2) is 36.4 Å². The fourth-order valence-corrected chi connectivity index (χ4v) is 4.87. The van der Waals surface area contributed by atoms with Crippen molar-refractivity contribution in [2.75, 3.05) is 13.2 Å². The minimum absolute atomic E-state index is 0.325. The van der Waals surface area contributed by atoms with Crippen LogP contribution in [0.25, 0.3) is 0 Å². The molecule has 0 saturated heterocycles. The van der Waals surface area contributed by atoms with E-state index in [1.807, 2.05) is 0 Å². The molecule has 1 atom stereocenters. The molecule has 0 amide bonds. The van der Waals surface area contributed by atoms with Crippen molar-refractivity contribution in [1.29, 1.82) is 0 Å². The van der Waals surface area contributed by atoms with Gasteiger partial charge in [0.2, 0.25) is 0 Å². The van der Waals surface area contributed by atoms with Crippen LogP contribution in [0.3, 0.4) is 0 Å². The SMILES string of the molecule is CCCCCCC(CCCCCC)COC(=O)CC(O)C(=O)OCC(CCCCCC)CCCCCC. The largest absolute Gasteiger partial charge is 0.465 e. The molecule has 0 rings (SSSR count). The number of hydrogen-bond acceptors (Lipinski definition) is 5. The van der Waals surface area contributed by atoms with Crippen molar-refractivity contribution < 1.29 is 24.2 Å². The molecule has 0 aliphatic heterocycles. The molecule has 0 bridgehead atoms. The van der Waals surface area contributed by atoms with E-state index in [0.29, 0.717) is 25.0 Å². The predicted molar refractivity (Wildman–Crippen MR) is 155 cm³/mol. The second-order valence-corrected chi connectivity index (χ2v) is 11.2. The summed E-state index contributed by atoms with van der Waals surface area (Å²) in [6.07, 6.45) is 21.8. The molecule has 5 nitrogen and oxygen atoms in total. The molecule has 220 valence electrons. The van der Waals surface area contributed by atoms with Gasteiger partial charge >= 0.3 is 11.9 Å². The second kappa shape index (κ2) is 26.5. The minimum Gasteiger partial charge on any atom is -0.465 e. The summed E-state index contributed by atoms with van der Waals surface area (Å²) in [6, 6.07) is 0. The first-order chi connectivity index (χ1) is 18.0. The maximum atomic E-state index is 12.4. The summed E-state index contributed by atoms with van der Waals surface area (Å²) in [5.74, 6) is -0.507. The lowest BCUT2D eigenvalue weighted by Gasteiger charge is -2.19. The van der Waals surface area contributed by atoms with E-state index in [1.165, 1.54) is 77.0 Å². The van der Waals surface area contributed by atoms with Crippen LogP contribution in [0.2, 0.25) is 0 Å². The topological polar surface area (TPSA) is 72.8 Å². The van der Waals surface area contributed by atoms with Crippen LogP contribution in [-0.2, 0) is 19.1 Å². The summed E-state index contributed by atoms with van der Waals surface area (Å²) in [4.78, 5) is 24.8. The van der Waals surface area contributed by atoms with E-state index < -0.39 is 18.0 Å². The normalized spacial score (nSPS) is 12.3. The van der Waals surface area contributed by atoms with E-state index in [0.717, 1.165) is 51.4 Å². The van der Waals surface area contributed by atoms with Gasteiger partial charge in [0.1, 0.15) is 0 Å². The lowest BCUT2D eigenvalue weighted by molar-refractivity contribution is -0.161.